The minimum Gasteiger partial charge on any atom is -0.327 e. The van der Waals surface area contributed by atoms with Crippen LogP contribution in [0.15, 0.2) is 54.6 Å². The van der Waals surface area contributed by atoms with Crippen LogP contribution >= 0.6 is 0 Å². The number of para-hydroxylation sites is 3. The third-order valence-corrected chi connectivity index (χ3v) is 5.33. The van der Waals surface area contributed by atoms with E-state index in [0.29, 0.717) is 0 Å². The number of hydrogen-bond donors (Lipinski definition) is 1. The van der Waals surface area contributed by atoms with E-state index in [0.717, 1.165) is 56.0 Å². The Morgan fingerprint density at radius 1 is 1.15 bits per heavy atom. The maximum Gasteiger partial charge on any atom is 0.228 e. The van der Waals surface area contributed by atoms with Gasteiger partial charge in [-0.15, -0.1) is 0 Å². The number of imidazole rings is 1. The van der Waals surface area contributed by atoms with E-state index in [4.69, 9.17) is 4.98 Å². The van der Waals surface area contributed by atoms with Crippen molar-refractivity contribution in [2.45, 2.75) is 32.9 Å². The smallest absolute Gasteiger partial charge is 0.228 e. The molecule has 0 bridgehead atoms. The van der Waals surface area contributed by atoms with Gasteiger partial charge in [-0.1, -0.05) is 30.3 Å². The number of carbonyl (C=O) groups is 1. The molecule has 0 saturated carbocycles. The lowest BCUT2D eigenvalue weighted by Gasteiger charge is -2.31. The van der Waals surface area contributed by atoms with Gasteiger partial charge in [0.1, 0.15) is 5.82 Å². The predicted molar refractivity (Wildman–Crippen MR) is 108 cm³/mol. The summed E-state index contributed by atoms with van der Waals surface area (Å²) in [4.78, 5) is 19.9. The van der Waals surface area contributed by atoms with Crippen LogP contribution in [0.5, 0.6) is 0 Å². The highest BCUT2D eigenvalue weighted by molar-refractivity contribution is 5.92. The number of likely N-dealkylation sites (tertiary alicyclic amines) is 1. The van der Waals surface area contributed by atoms with Crippen molar-refractivity contribution in [2.75, 3.05) is 18.4 Å². The Labute approximate surface area is 160 Å². The molecule has 1 aliphatic rings. The minimum atomic E-state index is 0.0263. The molecule has 2 heterocycles. The van der Waals surface area contributed by atoms with Crippen molar-refractivity contribution in [1.29, 1.82) is 0 Å². The second-order valence-electron chi connectivity index (χ2n) is 7.19. The lowest BCUT2D eigenvalue weighted by atomic mass is 9.97. The van der Waals surface area contributed by atoms with E-state index in [1.54, 1.807) is 0 Å². The van der Waals surface area contributed by atoms with Crippen LogP contribution < -0.4 is 5.32 Å². The van der Waals surface area contributed by atoms with Gasteiger partial charge in [0.15, 0.2) is 0 Å². The number of piperidine rings is 1. The van der Waals surface area contributed by atoms with E-state index in [2.05, 4.69) is 39.9 Å². The Kier molecular flexibility index (Phi) is 5.21. The summed E-state index contributed by atoms with van der Waals surface area (Å²) in [7, 11) is 0. The van der Waals surface area contributed by atoms with E-state index < -0.39 is 0 Å². The number of carbonyl (C=O) groups excluding carboxylic acids is 1. The Bertz CT molecular complexity index is 918. The lowest BCUT2D eigenvalue weighted by molar-refractivity contribution is -0.121. The van der Waals surface area contributed by atoms with Crippen molar-refractivity contribution < 1.29 is 4.79 Å². The largest absolute Gasteiger partial charge is 0.327 e. The first-order valence-electron chi connectivity index (χ1n) is 9.77. The highest BCUT2D eigenvalue weighted by Crippen LogP contribution is 2.22. The summed E-state index contributed by atoms with van der Waals surface area (Å²) in [5.74, 6) is 1.23. The average Bonchev–Trinajstić information content (AvgIpc) is 3.06. The third kappa shape index (κ3) is 3.88. The van der Waals surface area contributed by atoms with Crippen LogP contribution in [-0.2, 0) is 17.9 Å². The first-order valence-corrected chi connectivity index (χ1v) is 9.77. The van der Waals surface area contributed by atoms with Crippen molar-refractivity contribution in [3.8, 4) is 0 Å². The first-order chi connectivity index (χ1) is 13.2. The molecule has 1 aromatic heterocycles. The van der Waals surface area contributed by atoms with Crippen molar-refractivity contribution in [2.24, 2.45) is 5.92 Å². The van der Waals surface area contributed by atoms with Crippen LogP contribution in [-0.4, -0.2) is 33.4 Å². The summed E-state index contributed by atoms with van der Waals surface area (Å²) in [6, 6.07) is 18.0. The number of hydrogen-bond acceptors (Lipinski definition) is 3. The third-order valence-electron chi connectivity index (χ3n) is 5.33. The topological polar surface area (TPSA) is 50.2 Å². The number of benzene rings is 2. The van der Waals surface area contributed by atoms with Crippen LogP contribution in [0.25, 0.3) is 11.0 Å². The molecular formula is C22H26N4O. The number of fused-ring (bicyclic) bond motifs is 1. The van der Waals surface area contributed by atoms with Gasteiger partial charge in [-0.2, -0.15) is 0 Å². The lowest BCUT2D eigenvalue weighted by Crippen LogP contribution is -2.40. The number of amides is 1. The Hall–Kier alpha value is -2.66. The predicted octanol–water partition coefficient (Wildman–Crippen LogP) is 3.91. The SMILES string of the molecule is CCn1c(CN2CCC[C@H](C(=O)Nc3ccccc3)C2)nc2ccccc21. The van der Waals surface area contributed by atoms with E-state index in [9.17, 15) is 4.79 Å². The van der Waals surface area contributed by atoms with Crippen molar-refractivity contribution in [3.05, 3.63) is 60.4 Å². The number of anilines is 1. The molecule has 3 aromatic rings. The number of aromatic nitrogens is 2. The molecule has 0 unspecified atom stereocenters. The molecule has 1 N–H and O–H groups in total. The molecule has 1 aliphatic heterocycles. The van der Waals surface area contributed by atoms with Gasteiger partial charge in [-0.3, -0.25) is 9.69 Å². The zero-order valence-corrected chi connectivity index (χ0v) is 15.8. The highest BCUT2D eigenvalue weighted by atomic mass is 16.1. The second kappa shape index (κ2) is 7.92. The monoisotopic (exact) mass is 362 g/mol. The molecule has 5 heteroatoms. The van der Waals surface area contributed by atoms with Crippen molar-refractivity contribution >= 4 is 22.6 Å². The molecule has 1 atom stereocenters. The molecule has 2 aromatic carbocycles. The van der Waals surface area contributed by atoms with Gasteiger partial charge >= 0.3 is 0 Å². The van der Waals surface area contributed by atoms with Crippen LogP contribution in [0.4, 0.5) is 5.69 Å². The van der Waals surface area contributed by atoms with Gasteiger partial charge in [-0.25, -0.2) is 4.98 Å². The van der Waals surface area contributed by atoms with E-state index in [1.807, 2.05) is 36.4 Å². The number of nitrogens with one attached hydrogen (secondary N) is 1. The van der Waals surface area contributed by atoms with Crippen molar-refractivity contribution in [3.63, 3.8) is 0 Å². The fourth-order valence-electron chi connectivity index (χ4n) is 3.98. The van der Waals surface area contributed by atoms with Gasteiger partial charge < -0.3 is 9.88 Å². The molecule has 1 amide bonds. The molecular weight excluding hydrogens is 336 g/mol. The number of rotatable bonds is 5. The normalized spacial score (nSPS) is 17.9. The fourth-order valence-corrected chi connectivity index (χ4v) is 3.98. The summed E-state index contributed by atoms with van der Waals surface area (Å²) in [5, 5.41) is 3.05. The summed E-state index contributed by atoms with van der Waals surface area (Å²) < 4.78 is 2.28. The maximum atomic E-state index is 12.7. The van der Waals surface area contributed by atoms with E-state index in [1.165, 1.54) is 5.52 Å². The molecule has 1 saturated heterocycles. The molecule has 1 fully saturated rings. The summed E-state index contributed by atoms with van der Waals surface area (Å²) in [6.45, 7) is 5.65. The zero-order valence-electron chi connectivity index (χ0n) is 15.8. The van der Waals surface area contributed by atoms with Gasteiger partial charge in [-0.05, 0) is 50.6 Å². The average molecular weight is 362 g/mol. The molecule has 0 spiro atoms. The molecule has 27 heavy (non-hydrogen) atoms. The quantitative estimate of drug-likeness (QED) is 0.749. The van der Waals surface area contributed by atoms with Crippen molar-refractivity contribution in [1.82, 2.24) is 14.5 Å². The molecule has 140 valence electrons. The number of aryl methyl sites for hydroxylation is 1. The van der Waals surface area contributed by atoms with Gasteiger partial charge in [0.25, 0.3) is 0 Å². The van der Waals surface area contributed by atoms with Crippen LogP contribution in [0.2, 0.25) is 0 Å². The standard InChI is InChI=1S/C22H26N4O/c1-2-26-20-13-7-6-12-19(20)24-21(26)16-25-14-8-9-17(15-25)22(27)23-18-10-4-3-5-11-18/h3-7,10-13,17H,2,8-9,14-16H2,1H3,(H,23,27)/t17-/m0/s1. The Morgan fingerprint density at radius 3 is 2.74 bits per heavy atom. The van der Waals surface area contributed by atoms with Gasteiger partial charge in [0.2, 0.25) is 5.91 Å². The second-order valence-corrected chi connectivity index (χ2v) is 7.19. The maximum absolute atomic E-state index is 12.7. The summed E-state index contributed by atoms with van der Waals surface area (Å²) in [5.41, 5.74) is 3.10. The van der Waals surface area contributed by atoms with E-state index in [-0.39, 0.29) is 11.8 Å². The highest BCUT2D eigenvalue weighted by Gasteiger charge is 2.27. The van der Waals surface area contributed by atoms with Crippen LogP contribution in [0, 0.1) is 5.92 Å². The number of nitrogens with zero attached hydrogens (tertiary/aromatic N) is 3. The van der Waals surface area contributed by atoms with Gasteiger partial charge in [0.05, 0.1) is 23.5 Å². The molecule has 0 aliphatic carbocycles. The Morgan fingerprint density at radius 2 is 1.93 bits per heavy atom. The summed E-state index contributed by atoms with van der Waals surface area (Å²) >= 11 is 0. The van der Waals surface area contributed by atoms with Crippen LogP contribution in [0.3, 0.4) is 0 Å². The van der Waals surface area contributed by atoms with Crippen LogP contribution in [0.1, 0.15) is 25.6 Å². The van der Waals surface area contributed by atoms with Gasteiger partial charge in [0, 0.05) is 18.8 Å². The fraction of sp³-hybridized carbons (Fsp3) is 0.364. The Balaban J connectivity index is 1.45. The minimum absolute atomic E-state index is 0.0263. The summed E-state index contributed by atoms with van der Waals surface area (Å²) in [6.07, 6.45) is 1.98. The van der Waals surface area contributed by atoms with E-state index >= 15 is 0 Å². The molecule has 0 radical (unpaired) electrons. The zero-order chi connectivity index (χ0) is 18.6. The molecule has 4 rings (SSSR count). The molecule has 5 nitrogen and oxygen atoms in total. The first kappa shape index (κ1) is 17.7.